The van der Waals surface area contributed by atoms with Crippen molar-refractivity contribution in [3.8, 4) is 5.88 Å². The van der Waals surface area contributed by atoms with Crippen LogP contribution in [0.25, 0.3) is 5.78 Å². The molecule has 0 aromatic carbocycles. The molecule has 2 rings (SSSR count). The van der Waals surface area contributed by atoms with Crippen LogP contribution in [0.3, 0.4) is 0 Å². The van der Waals surface area contributed by atoms with Crippen molar-refractivity contribution in [2.45, 2.75) is 0 Å². The fourth-order valence-corrected chi connectivity index (χ4v) is 1.45. The molecular weight excluding hydrogens is 157 g/mol. The third-order valence-electron chi connectivity index (χ3n) is 1.62. The first-order chi connectivity index (χ1) is 5.29. The molecule has 0 aliphatic heterocycles. The van der Waals surface area contributed by atoms with Gasteiger partial charge in [0, 0.05) is 16.9 Å². The van der Waals surface area contributed by atoms with E-state index in [9.17, 15) is 5.11 Å². The van der Waals surface area contributed by atoms with Crippen molar-refractivity contribution in [3.05, 3.63) is 18.5 Å². The second kappa shape index (κ2) is 2.22. The second-order valence-electron chi connectivity index (χ2n) is 2.31. The fraction of sp³-hybridized carbons (Fsp3) is 0. The summed E-state index contributed by atoms with van der Waals surface area (Å²) in [5.41, 5.74) is 0. The Morgan fingerprint density at radius 2 is 2.36 bits per heavy atom. The molecule has 2 aromatic heterocycles. The zero-order valence-corrected chi connectivity index (χ0v) is 8.02. The lowest BCUT2D eigenvalue weighted by molar-refractivity contribution is 0.461. The van der Waals surface area contributed by atoms with Gasteiger partial charge in [-0.05, 0) is 6.07 Å². The normalized spacial score (nSPS) is 10.5. The number of hydrogen-bond donors (Lipinski definition) is 1. The van der Waals surface area contributed by atoms with Crippen LogP contribution in [0.2, 0.25) is 0 Å². The molecule has 0 amide bonds. The van der Waals surface area contributed by atoms with Crippen LogP contribution in [0, 0.1) is 0 Å². The van der Waals surface area contributed by atoms with E-state index in [2.05, 4.69) is 9.97 Å². The minimum absolute atomic E-state index is 0.107. The van der Waals surface area contributed by atoms with Gasteiger partial charge in [-0.2, -0.15) is 4.98 Å². The van der Waals surface area contributed by atoms with Gasteiger partial charge >= 0.3 is 0 Å². The fourth-order valence-electron chi connectivity index (χ4n) is 0.991. The van der Waals surface area contributed by atoms with Crippen LogP contribution >= 0.6 is 0 Å². The molecule has 0 unspecified atom stereocenters. The maximum Gasteiger partial charge on any atom is 0.296 e. The highest BCUT2D eigenvalue weighted by atomic mass is 27.0. The molecule has 0 atom stereocenters. The number of nitrogens with zero attached hydrogens (tertiary/aromatic N) is 3. The Balaban J connectivity index is 2.92. The van der Waals surface area contributed by atoms with Crippen molar-refractivity contribution >= 4 is 26.6 Å². The summed E-state index contributed by atoms with van der Waals surface area (Å²) >= 11 is 0.772. The Labute approximate surface area is 70.9 Å². The molecule has 0 radical (unpaired) electrons. The van der Waals surface area contributed by atoms with Crippen LogP contribution in [0.1, 0.15) is 0 Å². The molecule has 11 heavy (non-hydrogen) atoms. The summed E-state index contributed by atoms with van der Waals surface area (Å²) in [5, 5.41) is 9.21. The molecule has 5 heteroatoms. The van der Waals surface area contributed by atoms with Crippen molar-refractivity contribution in [1.29, 1.82) is 0 Å². The van der Waals surface area contributed by atoms with Crippen molar-refractivity contribution in [1.82, 2.24) is 14.4 Å². The van der Waals surface area contributed by atoms with E-state index in [0.717, 1.165) is 20.8 Å². The Morgan fingerprint density at radius 3 is 3.09 bits per heavy atom. The first-order valence-corrected chi connectivity index (χ1v) is 4.27. The molecular formula is C6H6AlN3O. The Kier molecular flexibility index (Phi) is 1.34. The zero-order chi connectivity index (χ0) is 7.84. The van der Waals surface area contributed by atoms with E-state index < -0.39 is 0 Å². The van der Waals surface area contributed by atoms with E-state index in [-0.39, 0.29) is 5.88 Å². The monoisotopic (exact) mass is 163 g/mol. The van der Waals surface area contributed by atoms with Gasteiger partial charge in [0.2, 0.25) is 11.7 Å². The minimum atomic E-state index is 0.107. The third kappa shape index (κ3) is 0.898. The predicted molar refractivity (Wildman–Crippen MR) is 42.8 cm³/mol. The van der Waals surface area contributed by atoms with Gasteiger partial charge < -0.3 is 9.51 Å². The first kappa shape index (κ1) is 6.65. The Morgan fingerprint density at radius 1 is 1.55 bits per heavy atom. The van der Waals surface area contributed by atoms with Crippen molar-refractivity contribution < 1.29 is 5.11 Å². The van der Waals surface area contributed by atoms with Crippen LogP contribution < -0.4 is 4.56 Å². The number of rotatable bonds is 0. The molecule has 0 saturated heterocycles. The molecule has 1 N–H and O–H groups in total. The van der Waals surface area contributed by atoms with E-state index in [1.54, 1.807) is 10.6 Å². The quantitative estimate of drug-likeness (QED) is 0.491. The van der Waals surface area contributed by atoms with Crippen LogP contribution in [-0.2, 0) is 0 Å². The van der Waals surface area contributed by atoms with Crippen LogP contribution in [0.4, 0.5) is 0 Å². The lowest BCUT2D eigenvalue weighted by Gasteiger charge is -1.91. The van der Waals surface area contributed by atoms with Crippen LogP contribution in [0.15, 0.2) is 18.5 Å². The summed E-state index contributed by atoms with van der Waals surface area (Å²) in [7, 11) is 0. The van der Waals surface area contributed by atoms with Crippen LogP contribution in [-0.4, -0.2) is 35.8 Å². The van der Waals surface area contributed by atoms with Gasteiger partial charge in [0.1, 0.15) is 0 Å². The van der Waals surface area contributed by atoms with Gasteiger partial charge in [0.25, 0.3) is 16.3 Å². The lowest BCUT2D eigenvalue weighted by Crippen LogP contribution is -2.09. The highest BCUT2D eigenvalue weighted by molar-refractivity contribution is 6.32. The zero-order valence-electron chi connectivity index (χ0n) is 6.02. The number of aromatic nitrogens is 3. The van der Waals surface area contributed by atoms with E-state index in [1.165, 1.54) is 0 Å². The largest absolute Gasteiger partial charge is 0.493 e. The van der Waals surface area contributed by atoms with E-state index in [4.69, 9.17) is 0 Å². The van der Waals surface area contributed by atoms with Crippen molar-refractivity contribution in [2.24, 2.45) is 0 Å². The number of imidazole rings is 1. The average Bonchev–Trinajstić information content (AvgIpc) is 2.30. The standard InChI is InChI=1S/C6H4N3O.Al.2H/c10-5-4-9-3-1-2-7-6(9)8-5;;;/h1-3,10H;;;. The smallest absolute Gasteiger partial charge is 0.296 e. The highest BCUT2D eigenvalue weighted by Gasteiger charge is 2.04. The van der Waals surface area contributed by atoms with E-state index in [0.29, 0.717) is 5.78 Å². The summed E-state index contributed by atoms with van der Waals surface area (Å²) in [6.07, 6.45) is 3.50. The molecule has 0 spiro atoms. The van der Waals surface area contributed by atoms with Gasteiger partial charge in [-0.3, -0.25) is 0 Å². The van der Waals surface area contributed by atoms with E-state index >= 15 is 0 Å². The second-order valence-corrected chi connectivity index (χ2v) is 3.26. The molecule has 0 aliphatic carbocycles. The van der Waals surface area contributed by atoms with Gasteiger partial charge in [0.15, 0.2) is 0 Å². The summed E-state index contributed by atoms with van der Waals surface area (Å²) in [4.78, 5) is 7.83. The first-order valence-electron chi connectivity index (χ1n) is 3.27. The summed E-state index contributed by atoms with van der Waals surface area (Å²) in [5.74, 6) is 0.672. The number of aromatic hydroxyl groups is 1. The summed E-state index contributed by atoms with van der Waals surface area (Å²) < 4.78 is 2.65. The predicted octanol–water partition coefficient (Wildman–Crippen LogP) is -1.31. The summed E-state index contributed by atoms with van der Waals surface area (Å²) in [6.45, 7) is 0. The Hall–Kier alpha value is -1.05. The van der Waals surface area contributed by atoms with Crippen molar-refractivity contribution in [2.75, 3.05) is 0 Å². The SMILES string of the molecule is Oc1nc2ncccn2[c]1[AlH2]. The maximum atomic E-state index is 9.21. The van der Waals surface area contributed by atoms with Crippen LogP contribution in [0.5, 0.6) is 5.88 Å². The third-order valence-corrected chi connectivity index (χ3v) is 2.55. The Bertz CT molecular complexity index is 398. The molecule has 2 aromatic rings. The molecule has 0 bridgehead atoms. The number of fused-ring (bicyclic) bond motifs is 1. The van der Waals surface area contributed by atoms with Gasteiger partial charge in [0.05, 0.1) is 0 Å². The maximum absolute atomic E-state index is 9.21. The average molecular weight is 163 g/mol. The molecule has 54 valence electrons. The minimum Gasteiger partial charge on any atom is -0.493 e. The van der Waals surface area contributed by atoms with Gasteiger partial charge in [-0.25, -0.2) is 4.98 Å². The molecule has 0 fully saturated rings. The molecule has 4 nitrogen and oxygen atoms in total. The number of hydrogen-bond acceptors (Lipinski definition) is 3. The molecule has 0 saturated carbocycles. The van der Waals surface area contributed by atoms with E-state index in [1.807, 2.05) is 12.3 Å². The topological polar surface area (TPSA) is 50.4 Å². The molecule has 0 aliphatic rings. The molecule has 2 heterocycles. The summed E-state index contributed by atoms with van der Waals surface area (Å²) in [6, 6.07) is 1.82. The van der Waals surface area contributed by atoms with Gasteiger partial charge in [-0.1, -0.05) is 0 Å². The van der Waals surface area contributed by atoms with Gasteiger partial charge in [-0.15, -0.1) is 0 Å². The van der Waals surface area contributed by atoms with Crippen molar-refractivity contribution in [3.63, 3.8) is 0 Å². The lowest BCUT2D eigenvalue weighted by atomic mass is 10.7. The highest BCUT2D eigenvalue weighted by Crippen LogP contribution is 2.01.